The lowest BCUT2D eigenvalue weighted by Crippen LogP contribution is -3.16. The molecule has 1 atom stereocenters. The van der Waals surface area contributed by atoms with Gasteiger partial charge in [0.1, 0.15) is 6.04 Å². The third-order valence-electron chi connectivity index (χ3n) is 4.51. The minimum Gasteiger partial charge on any atom is -0.354 e. The van der Waals surface area contributed by atoms with E-state index in [1.165, 1.54) is 0 Å². The molecule has 1 aliphatic rings. The van der Waals surface area contributed by atoms with Crippen LogP contribution in [0.1, 0.15) is 30.6 Å². The van der Waals surface area contributed by atoms with Gasteiger partial charge in [-0.1, -0.05) is 25.1 Å². The summed E-state index contributed by atoms with van der Waals surface area (Å²) in [7, 11) is 0. The van der Waals surface area contributed by atoms with Crippen LogP contribution in [0.3, 0.4) is 0 Å². The smallest absolute Gasteiger partial charge is 0.275 e. The number of piperazine rings is 1. The molecule has 2 rings (SSSR count). The lowest BCUT2D eigenvalue weighted by molar-refractivity contribution is -0.896. The molecule has 0 bridgehead atoms. The van der Waals surface area contributed by atoms with Crippen LogP contribution in [0, 0.1) is 0 Å². The number of hydrogen-bond donors (Lipinski definition) is 3. The molecule has 7 heteroatoms. The van der Waals surface area contributed by atoms with Gasteiger partial charge in [0, 0.05) is 12.1 Å². The van der Waals surface area contributed by atoms with Crippen LogP contribution in [-0.4, -0.2) is 67.9 Å². The molecule has 0 spiro atoms. The Morgan fingerprint density at radius 1 is 1.15 bits per heavy atom. The summed E-state index contributed by atoms with van der Waals surface area (Å²) < 4.78 is 0. The van der Waals surface area contributed by atoms with Gasteiger partial charge in [-0.15, -0.1) is 0 Å². The first-order valence-electron chi connectivity index (χ1n) is 9.26. The van der Waals surface area contributed by atoms with E-state index in [-0.39, 0.29) is 17.7 Å². The van der Waals surface area contributed by atoms with Crippen molar-refractivity contribution in [1.82, 2.24) is 15.5 Å². The third kappa shape index (κ3) is 5.84. The van der Waals surface area contributed by atoms with Gasteiger partial charge in [-0.2, -0.15) is 0 Å². The van der Waals surface area contributed by atoms with Crippen molar-refractivity contribution in [1.29, 1.82) is 0 Å². The van der Waals surface area contributed by atoms with Gasteiger partial charge < -0.3 is 20.4 Å². The summed E-state index contributed by atoms with van der Waals surface area (Å²) in [5, 5.41) is 5.51. The van der Waals surface area contributed by atoms with Crippen molar-refractivity contribution in [3.05, 3.63) is 35.9 Å². The van der Waals surface area contributed by atoms with Crippen molar-refractivity contribution >= 4 is 17.7 Å². The summed E-state index contributed by atoms with van der Waals surface area (Å²) in [5.41, 5.74) is 0.695. The summed E-state index contributed by atoms with van der Waals surface area (Å²) in [5.74, 6) is -0.259. The van der Waals surface area contributed by atoms with Gasteiger partial charge in [-0.3, -0.25) is 14.4 Å². The van der Waals surface area contributed by atoms with Crippen LogP contribution in [0.4, 0.5) is 0 Å². The molecule has 1 aromatic carbocycles. The van der Waals surface area contributed by atoms with Gasteiger partial charge in [0.2, 0.25) is 5.91 Å². The average Bonchev–Trinajstić information content (AvgIpc) is 2.66. The molecule has 3 N–H and O–H groups in total. The molecule has 0 radical (unpaired) electrons. The van der Waals surface area contributed by atoms with Crippen molar-refractivity contribution in [2.75, 3.05) is 39.3 Å². The zero-order valence-corrected chi connectivity index (χ0v) is 15.6. The van der Waals surface area contributed by atoms with Crippen molar-refractivity contribution in [2.45, 2.75) is 26.3 Å². The van der Waals surface area contributed by atoms with Gasteiger partial charge in [0.15, 0.2) is 6.54 Å². The molecule has 1 fully saturated rings. The fourth-order valence-electron chi connectivity index (χ4n) is 2.95. The fraction of sp³-hybridized carbons (Fsp3) is 0.526. The first kappa shape index (κ1) is 19.9. The largest absolute Gasteiger partial charge is 0.354 e. The molecule has 3 amide bonds. The number of nitrogens with zero attached hydrogens (tertiary/aromatic N) is 1. The topological polar surface area (TPSA) is 82.9 Å². The minimum absolute atomic E-state index is 0.0373. The molecule has 0 saturated carbocycles. The van der Waals surface area contributed by atoms with Crippen LogP contribution < -0.4 is 15.5 Å². The number of rotatable bonds is 7. The van der Waals surface area contributed by atoms with E-state index in [1.807, 2.05) is 42.2 Å². The Hall–Kier alpha value is -2.41. The number of hydrogen-bond acceptors (Lipinski definition) is 3. The molecule has 1 aromatic rings. The second-order valence-electron chi connectivity index (χ2n) is 6.67. The van der Waals surface area contributed by atoms with Crippen LogP contribution in [0.2, 0.25) is 0 Å². The lowest BCUT2D eigenvalue weighted by atomic mass is 10.2. The Kier molecular flexibility index (Phi) is 7.59. The molecule has 1 aliphatic heterocycles. The Labute approximate surface area is 154 Å². The first-order valence-corrected chi connectivity index (χ1v) is 9.26. The normalized spacial score (nSPS) is 16.0. The Balaban J connectivity index is 1.73. The van der Waals surface area contributed by atoms with Crippen molar-refractivity contribution < 1.29 is 19.3 Å². The third-order valence-corrected chi connectivity index (χ3v) is 4.51. The molecule has 0 aromatic heterocycles. The molecular formula is C19H29N4O3+. The van der Waals surface area contributed by atoms with Crippen LogP contribution in [0.5, 0.6) is 0 Å². The number of benzene rings is 1. The van der Waals surface area contributed by atoms with Crippen LogP contribution in [0.25, 0.3) is 0 Å². The van der Waals surface area contributed by atoms with Gasteiger partial charge in [-0.05, 0) is 25.5 Å². The van der Waals surface area contributed by atoms with Gasteiger partial charge >= 0.3 is 0 Å². The van der Waals surface area contributed by atoms with Crippen LogP contribution in [-0.2, 0) is 9.59 Å². The highest BCUT2D eigenvalue weighted by atomic mass is 16.2. The number of carbonyl (C=O) groups is 3. The van der Waals surface area contributed by atoms with Crippen molar-refractivity contribution in [3.63, 3.8) is 0 Å². The lowest BCUT2D eigenvalue weighted by Gasteiger charge is -2.32. The molecule has 1 saturated heterocycles. The highest BCUT2D eigenvalue weighted by Gasteiger charge is 2.26. The van der Waals surface area contributed by atoms with Crippen LogP contribution >= 0.6 is 0 Å². The number of carbonyl (C=O) groups excluding carboxylic acids is 3. The number of amides is 3. The van der Waals surface area contributed by atoms with E-state index in [4.69, 9.17) is 0 Å². The summed E-state index contributed by atoms with van der Waals surface area (Å²) in [6, 6.07) is 8.71. The van der Waals surface area contributed by atoms with E-state index in [9.17, 15) is 14.4 Å². The summed E-state index contributed by atoms with van der Waals surface area (Å²) in [6.07, 6.45) is 0.864. The highest BCUT2D eigenvalue weighted by Crippen LogP contribution is 2.04. The van der Waals surface area contributed by atoms with Gasteiger partial charge in [0.25, 0.3) is 11.8 Å². The van der Waals surface area contributed by atoms with Crippen molar-refractivity contribution in [3.8, 4) is 0 Å². The second-order valence-corrected chi connectivity index (χ2v) is 6.67. The van der Waals surface area contributed by atoms with Gasteiger partial charge in [-0.25, -0.2) is 0 Å². The zero-order valence-electron chi connectivity index (χ0n) is 15.6. The zero-order chi connectivity index (χ0) is 18.9. The Morgan fingerprint density at radius 3 is 2.42 bits per heavy atom. The molecule has 7 nitrogen and oxygen atoms in total. The van der Waals surface area contributed by atoms with Crippen molar-refractivity contribution in [2.24, 2.45) is 0 Å². The molecule has 0 aliphatic carbocycles. The maximum atomic E-state index is 12.4. The van der Waals surface area contributed by atoms with E-state index >= 15 is 0 Å². The summed E-state index contributed by atoms with van der Waals surface area (Å²) in [4.78, 5) is 39.3. The second kappa shape index (κ2) is 9.91. The fourth-order valence-corrected chi connectivity index (χ4v) is 2.95. The SMILES string of the molecule is CCCNC(=O)[C@@H](C)NC(=O)C[NH+]1CCN(C(=O)c2ccccc2)CC1. The average molecular weight is 361 g/mol. The standard InChI is InChI=1S/C19H28N4O3/c1-3-9-20-18(25)15(2)21-17(24)14-22-10-12-23(13-11-22)19(26)16-7-5-4-6-8-16/h4-8,15H,3,9-14H2,1-2H3,(H,20,25)(H,21,24)/p+1/t15-/m1/s1. The van der Waals surface area contributed by atoms with E-state index in [0.29, 0.717) is 31.7 Å². The molecule has 26 heavy (non-hydrogen) atoms. The number of quaternary nitrogens is 1. The molecule has 1 heterocycles. The Bertz CT molecular complexity index is 612. The maximum absolute atomic E-state index is 12.4. The summed E-state index contributed by atoms with van der Waals surface area (Å²) >= 11 is 0. The summed E-state index contributed by atoms with van der Waals surface area (Å²) in [6.45, 7) is 7.31. The van der Waals surface area contributed by atoms with Gasteiger partial charge in [0.05, 0.1) is 26.2 Å². The Morgan fingerprint density at radius 2 is 1.81 bits per heavy atom. The predicted octanol–water partition coefficient (Wildman–Crippen LogP) is -0.942. The van der Waals surface area contributed by atoms with E-state index in [1.54, 1.807) is 6.92 Å². The van der Waals surface area contributed by atoms with E-state index < -0.39 is 6.04 Å². The molecular weight excluding hydrogens is 332 g/mol. The molecule has 0 unspecified atom stereocenters. The highest BCUT2D eigenvalue weighted by molar-refractivity contribution is 5.94. The minimum atomic E-state index is -0.533. The van der Waals surface area contributed by atoms with E-state index in [2.05, 4.69) is 10.6 Å². The van der Waals surface area contributed by atoms with Crippen LogP contribution in [0.15, 0.2) is 30.3 Å². The number of nitrogens with one attached hydrogen (secondary N) is 3. The first-order chi connectivity index (χ1) is 12.5. The predicted molar refractivity (Wildman–Crippen MR) is 98.8 cm³/mol. The maximum Gasteiger partial charge on any atom is 0.275 e. The van der Waals surface area contributed by atoms with E-state index in [0.717, 1.165) is 24.4 Å². The molecule has 142 valence electrons. The quantitative estimate of drug-likeness (QED) is 0.586. The monoisotopic (exact) mass is 361 g/mol.